The van der Waals surface area contributed by atoms with Crippen LogP contribution in [0.15, 0.2) is 48.5 Å². The van der Waals surface area contributed by atoms with Crippen LogP contribution in [0.3, 0.4) is 0 Å². The number of hydrogen-bond donors (Lipinski definition) is 1. The first-order valence-corrected chi connectivity index (χ1v) is 11.0. The molecule has 9 nitrogen and oxygen atoms in total. The number of methoxy groups -OCH3 is 2. The standard InChI is InChI=1S/C25H27BN2O7/c1-24(2)25(3,4)35-26(34-24)17-14-15(12-13-18(17)29)20-19(22(30)32-5)21(23(31)33-6)28(27-20)16-10-8-7-9-11-16/h7-14,29H,1-6H3. The summed E-state index contributed by atoms with van der Waals surface area (Å²) in [6.45, 7) is 7.64. The number of rotatable bonds is 5. The van der Waals surface area contributed by atoms with Crippen LogP contribution >= 0.6 is 0 Å². The Labute approximate surface area is 203 Å². The molecule has 1 aliphatic rings. The molecule has 2 aromatic carbocycles. The molecule has 1 aliphatic heterocycles. The molecule has 2 heterocycles. The van der Waals surface area contributed by atoms with Crippen LogP contribution in [0.25, 0.3) is 16.9 Å². The van der Waals surface area contributed by atoms with Crippen molar-refractivity contribution in [3.05, 3.63) is 59.8 Å². The number of carbonyl (C=O) groups is 2. The third-order valence-electron chi connectivity index (χ3n) is 6.46. The molecule has 1 N–H and O–H groups in total. The molecule has 3 aromatic rings. The van der Waals surface area contributed by atoms with E-state index in [1.807, 2.05) is 33.8 Å². The summed E-state index contributed by atoms with van der Waals surface area (Å²) < 4.78 is 23.5. The molecule has 182 valence electrons. The fourth-order valence-electron chi connectivity index (χ4n) is 3.82. The lowest BCUT2D eigenvalue weighted by molar-refractivity contribution is 0.00578. The molecule has 0 bridgehead atoms. The summed E-state index contributed by atoms with van der Waals surface area (Å²) in [7, 11) is 1.60. The molecule has 1 saturated heterocycles. The molecular weight excluding hydrogens is 451 g/mol. The van der Waals surface area contributed by atoms with Crippen molar-refractivity contribution in [3.63, 3.8) is 0 Å². The Morgan fingerprint density at radius 1 is 0.943 bits per heavy atom. The van der Waals surface area contributed by atoms with E-state index in [-0.39, 0.29) is 22.7 Å². The van der Waals surface area contributed by atoms with E-state index in [0.29, 0.717) is 16.7 Å². The van der Waals surface area contributed by atoms with Gasteiger partial charge in [0.2, 0.25) is 0 Å². The van der Waals surface area contributed by atoms with E-state index in [1.54, 1.807) is 36.4 Å². The van der Waals surface area contributed by atoms with E-state index in [4.69, 9.17) is 18.8 Å². The lowest BCUT2D eigenvalue weighted by atomic mass is 9.77. The quantitative estimate of drug-likeness (QED) is 0.440. The second-order valence-corrected chi connectivity index (χ2v) is 9.16. The molecule has 0 spiro atoms. The van der Waals surface area contributed by atoms with Crippen LogP contribution in [0.1, 0.15) is 48.5 Å². The first-order valence-electron chi connectivity index (χ1n) is 11.0. The second kappa shape index (κ2) is 8.86. The van der Waals surface area contributed by atoms with E-state index in [1.165, 1.54) is 25.0 Å². The van der Waals surface area contributed by atoms with Gasteiger partial charge in [0.1, 0.15) is 17.0 Å². The number of para-hydroxylation sites is 1. The van der Waals surface area contributed by atoms with Crippen LogP contribution in [-0.4, -0.2) is 59.4 Å². The average Bonchev–Trinajstić information content (AvgIpc) is 3.33. The minimum atomic E-state index is -0.849. The third-order valence-corrected chi connectivity index (χ3v) is 6.46. The predicted octanol–water partition coefficient (Wildman–Crippen LogP) is 3.12. The monoisotopic (exact) mass is 478 g/mol. The fraction of sp³-hybridized carbons (Fsp3) is 0.320. The van der Waals surface area contributed by atoms with Crippen molar-refractivity contribution in [2.24, 2.45) is 0 Å². The average molecular weight is 478 g/mol. The minimum absolute atomic E-state index is 0.0393. The van der Waals surface area contributed by atoms with Gasteiger partial charge in [-0.25, -0.2) is 14.3 Å². The van der Waals surface area contributed by atoms with Gasteiger partial charge in [0.25, 0.3) is 0 Å². The van der Waals surface area contributed by atoms with Crippen molar-refractivity contribution in [3.8, 4) is 22.7 Å². The van der Waals surface area contributed by atoms with Gasteiger partial charge in [-0.15, -0.1) is 0 Å². The fourth-order valence-corrected chi connectivity index (χ4v) is 3.82. The zero-order valence-electron chi connectivity index (χ0n) is 20.5. The van der Waals surface area contributed by atoms with Gasteiger partial charge in [0.15, 0.2) is 5.69 Å². The van der Waals surface area contributed by atoms with E-state index in [9.17, 15) is 14.7 Å². The summed E-state index contributed by atoms with van der Waals surface area (Å²) >= 11 is 0. The van der Waals surface area contributed by atoms with Crippen molar-refractivity contribution in [2.45, 2.75) is 38.9 Å². The summed E-state index contributed by atoms with van der Waals surface area (Å²) in [4.78, 5) is 25.7. The van der Waals surface area contributed by atoms with Gasteiger partial charge in [-0.1, -0.05) is 18.2 Å². The van der Waals surface area contributed by atoms with E-state index >= 15 is 0 Å². The number of phenolic OH excluding ortho intramolecular Hbond substituents is 1. The molecule has 0 radical (unpaired) electrons. The Balaban J connectivity index is 1.92. The number of benzene rings is 2. The van der Waals surface area contributed by atoms with Crippen LogP contribution in [0.4, 0.5) is 0 Å². The van der Waals surface area contributed by atoms with Crippen LogP contribution in [0.5, 0.6) is 5.75 Å². The summed E-state index contributed by atoms with van der Waals surface area (Å²) in [5.41, 5.74) is 0.167. The summed E-state index contributed by atoms with van der Waals surface area (Å²) in [6, 6.07) is 13.6. The van der Waals surface area contributed by atoms with Crippen molar-refractivity contribution >= 4 is 24.5 Å². The lowest BCUT2D eigenvalue weighted by Crippen LogP contribution is -2.41. The Morgan fingerprint density at radius 2 is 1.54 bits per heavy atom. The number of nitrogens with zero attached hydrogens (tertiary/aromatic N) is 2. The predicted molar refractivity (Wildman–Crippen MR) is 129 cm³/mol. The van der Waals surface area contributed by atoms with Crippen molar-refractivity contribution < 1.29 is 33.5 Å². The molecule has 0 atom stereocenters. The molecule has 0 saturated carbocycles. The largest absolute Gasteiger partial charge is 0.508 e. The molecule has 4 rings (SSSR count). The van der Waals surface area contributed by atoms with Crippen molar-refractivity contribution in [1.29, 1.82) is 0 Å². The van der Waals surface area contributed by atoms with Gasteiger partial charge >= 0.3 is 19.1 Å². The maximum Gasteiger partial charge on any atom is 0.498 e. The smallest absolute Gasteiger partial charge is 0.498 e. The van der Waals surface area contributed by atoms with E-state index < -0.39 is 30.3 Å². The summed E-state index contributed by atoms with van der Waals surface area (Å²) in [5.74, 6) is -1.55. The van der Waals surface area contributed by atoms with Crippen molar-refractivity contribution in [2.75, 3.05) is 14.2 Å². The SMILES string of the molecule is COC(=O)c1c(-c2ccc(O)c(B3OC(C)(C)C(C)(C)O3)c2)nn(-c2ccccc2)c1C(=O)OC. The molecule has 35 heavy (non-hydrogen) atoms. The van der Waals surface area contributed by atoms with Gasteiger partial charge in [-0.3, -0.25) is 0 Å². The summed E-state index contributed by atoms with van der Waals surface area (Å²) in [5, 5.41) is 15.2. The lowest BCUT2D eigenvalue weighted by Gasteiger charge is -2.32. The molecule has 0 amide bonds. The highest BCUT2D eigenvalue weighted by Gasteiger charge is 2.52. The van der Waals surface area contributed by atoms with Gasteiger partial charge in [-0.2, -0.15) is 5.10 Å². The maximum atomic E-state index is 12.9. The van der Waals surface area contributed by atoms with Crippen LogP contribution in [0, 0.1) is 0 Å². The number of carbonyl (C=O) groups excluding carboxylic acids is 2. The number of phenols is 1. The van der Waals surface area contributed by atoms with Crippen LogP contribution in [-0.2, 0) is 18.8 Å². The van der Waals surface area contributed by atoms with Gasteiger partial charge in [0, 0.05) is 11.0 Å². The summed E-state index contributed by atoms with van der Waals surface area (Å²) in [6.07, 6.45) is 0. The second-order valence-electron chi connectivity index (χ2n) is 9.16. The Morgan fingerprint density at radius 3 is 2.11 bits per heavy atom. The molecule has 0 unspecified atom stereocenters. The van der Waals surface area contributed by atoms with Gasteiger partial charge in [0.05, 0.1) is 31.1 Å². The molecule has 1 aromatic heterocycles. The number of aromatic nitrogens is 2. The molecular formula is C25H27BN2O7. The maximum absolute atomic E-state index is 12.9. The zero-order chi connectivity index (χ0) is 25.5. The zero-order valence-corrected chi connectivity index (χ0v) is 20.5. The van der Waals surface area contributed by atoms with Crippen LogP contribution < -0.4 is 5.46 Å². The van der Waals surface area contributed by atoms with Crippen LogP contribution in [0.2, 0.25) is 0 Å². The first kappa shape index (κ1) is 24.5. The third kappa shape index (κ3) is 4.19. The van der Waals surface area contributed by atoms with Crippen molar-refractivity contribution in [1.82, 2.24) is 9.78 Å². The Kier molecular flexibility index (Phi) is 6.20. The highest BCUT2D eigenvalue weighted by molar-refractivity contribution is 6.63. The number of esters is 2. The number of ether oxygens (including phenoxy) is 2. The number of aromatic hydroxyl groups is 1. The van der Waals surface area contributed by atoms with Gasteiger partial charge in [-0.05, 0) is 58.0 Å². The Hall–Kier alpha value is -3.63. The Bertz CT molecular complexity index is 1270. The molecule has 1 fully saturated rings. The number of hydrogen-bond acceptors (Lipinski definition) is 8. The van der Waals surface area contributed by atoms with E-state index in [0.717, 1.165) is 0 Å². The topological polar surface area (TPSA) is 109 Å². The minimum Gasteiger partial charge on any atom is -0.508 e. The van der Waals surface area contributed by atoms with Gasteiger partial charge < -0.3 is 23.9 Å². The highest BCUT2D eigenvalue weighted by Crippen LogP contribution is 2.38. The van der Waals surface area contributed by atoms with E-state index in [2.05, 4.69) is 5.10 Å². The first-order chi connectivity index (χ1) is 16.5. The molecule has 0 aliphatic carbocycles. The normalized spacial score (nSPS) is 16.2. The molecule has 10 heteroatoms. The highest BCUT2D eigenvalue weighted by atomic mass is 16.7.